The highest BCUT2D eigenvalue weighted by Crippen LogP contribution is 2.28. The molecule has 2 heterocycles. The molecule has 0 aliphatic carbocycles. The molecule has 4 rings (SSSR count). The molecule has 8 heteroatoms. The van der Waals surface area contributed by atoms with Crippen LogP contribution in [0.5, 0.6) is 0 Å². The number of esters is 1. The highest BCUT2D eigenvalue weighted by atomic mass is 16.5. The lowest BCUT2D eigenvalue weighted by Gasteiger charge is -2.22. The predicted octanol–water partition coefficient (Wildman–Crippen LogP) is 4.08. The number of nitriles is 1. The average molecular weight is 481 g/mol. The number of aryl methyl sites for hydroxylation is 1. The molecule has 0 fully saturated rings. The summed E-state index contributed by atoms with van der Waals surface area (Å²) in [4.78, 5) is 44.2. The van der Waals surface area contributed by atoms with Crippen LogP contribution in [0.25, 0.3) is 10.9 Å². The van der Waals surface area contributed by atoms with Gasteiger partial charge in [-0.15, -0.1) is 0 Å². The Hall–Kier alpha value is -4.77. The fraction of sp³-hybridized carbons (Fsp3) is 0.179. The van der Waals surface area contributed by atoms with Gasteiger partial charge in [0.25, 0.3) is 5.91 Å². The standard InChI is InChI=1S/C28H24N4O4/c1-3-36-27(34)18-32(28(35)21-10-12-30-13-11-21)22-8-9-25-23(15-22)24(17-31(25)2)26(33)14-19-4-6-20(16-29)7-5-19/h4-13,15,17H,3,14,18H2,1-2H3. The van der Waals surface area contributed by atoms with Crippen LogP contribution in [-0.2, 0) is 23.0 Å². The quantitative estimate of drug-likeness (QED) is 0.278. The number of amides is 1. The molecular formula is C28H24N4O4. The van der Waals surface area contributed by atoms with Crippen LogP contribution in [0.2, 0.25) is 0 Å². The fourth-order valence-electron chi connectivity index (χ4n) is 4.01. The first-order valence-corrected chi connectivity index (χ1v) is 11.4. The molecule has 0 radical (unpaired) electrons. The number of rotatable bonds is 8. The lowest BCUT2D eigenvalue weighted by Crippen LogP contribution is -2.36. The van der Waals surface area contributed by atoms with Crippen molar-refractivity contribution in [3.8, 4) is 6.07 Å². The van der Waals surface area contributed by atoms with E-state index >= 15 is 0 Å². The maximum atomic E-state index is 13.3. The number of hydrogen-bond acceptors (Lipinski definition) is 6. The highest BCUT2D eigenvalue weighted by Gasteiger charge is 2.23. The van der Waals surface area contributed by atoms with Crippen molar-refractivity contribution in [1.82, 2.24) is 9.55 Å². The third kappa shape index (κ3) is 5.15. The van der Waals surface area contributed by atoms with Crippen molar-refractivity contribution >= 4 is 34.3 Å². The third-order valence-electron chi connectivity index (χ3n) is 5.80. The van der Waals surface area contributed by atoms with Crippen molar-refractivity contribution in [2.45, 2.75) is 13.3 Å². The molecule has 2 aromatic heterocycles. The van der Waals surface area contributed by atoms with Gasteiger partial charge in [0.2, 0.25) is 0 Å². The number of ether oxygens (including phenoxy) is 1. The van der Waals surface area contributed by atoms with Gasteiger partial charge in [0, 0.05) is 59.8 Å². The van der Waals surface area contributed by atoms with Crippen molar-refractivity contribution in [1.29, 1.82) is 5.26 Å². The average Bonchev–Trinajstić information content (AvgIpc) is 3.24. The normalized spacial score (nSPS) is 10.6. The summed E-state index contributed by atoms with van der Waals surface area (Å²) in [6.45, 7) is 1.62. The van der Waals surface area contributed by atoms with Crippen LogP contribution in [0.1, 0.15) is 38.8 Å². The summed E-state index contributed by atoms with van der Waals surface area (Å²) in [7, 11) is 1.85. The van der Waals surface area contributed by atoms with Gasteiger partial charge < -0.3 is 9.30 Å². The SMILES string of the molecule is CCOC(=O)CN(C(=O)c1ccncc1)c1ccc2c(c1)c(C(=O)Cc1ccc(C#N)cc1)cn2C. The number of fused-ring (bicyclic) bond motifs is 1. The molecule has 1 amide bonds. The second-order valence-corrected chi connectivity index (χ2v) is 8.20. The zero-order chi connectivity index (χ0) is 25.7. The van der Waals surface area contributed by atoms with Crippen molar-refractivity contribution in [2.75, 3.05) is 18.1 Å². The summed E-state index contributed by atoms with van der Waals surface area (Å²) in [6, 6.07) is 17.4. The number of pyridine rings is 1. The van der Waals surface area contributed by atoms with Crippen LogP contribution in [0, 0.1) is 11.3 Å². The number of hydrogen-bond donors (Lipinski definition) is 0. The van der Waals surface area contributed by atoms with Crippen LogP contribution in [0.15, 0.2) is 73.2 Å². The molecule has 0 N–H and O–H groups in total. The molecule has 36 heavy (non-hydrogen) atoms. The second-order valence-electron chi connectivity index (χ2n) is 8.20. The van der Waals surface area contributed by atoms with Gasteiger partial charge in [0.1, 0.15) is 6.54 Å². The topological polar surface area (TPSA) is 105 Å². The van der Waals surface area contributed by atoms with E-state index in [1.54, 1.807) is 61.7 Å². The summed E-state index contributed by atoms with van der Waals surface area (Å²) in [5, 5.41) is 9.67. The van der Waals surface area contributed by atoms with Crippen LogP contribution >= 0.6 is 0 Å². The summed E-state index contributed by atoms with van der Waals surface area (Å²) >= 11 is 0. The van der Waals surface area contributed by atoms with Gasteiger partial charge in [-0.05, 0) is 55.0 Å². The number of anilines is 1. The van der Waals surface area contributed by atoms with Gasteiger partial charge in [-0.1, -0.05) is 12.1 Å². The Morgan fingerprint density at radius 2 is 1.78 bits per heavy atom. The predicted molar refractivity (Wildman–Crippen MR) is 135 cm³/mol. The highest BCUT2D eigenvalue weighted by molar-refractivity contribution is 6.12. The Morgan fingerprint density at radius 3 is 2.44 bits per heavy atom. The third-order valence-corrected chi connectivity index (χ3v) is 5.80. The Labute approximate surface area is 208 Å². The van der Waals surface area contributed by atoms with E-state index in [0.717, 1.165) is 11.1 Å². The largest absolute Gasteiger partial charge is 0.465 e. The monoisotopic (exact) mass is 480 g/mol. The lowest BCUT2D eigenvalue weighted by molar-refractivity contribution is -0.141. The number of benzene rings is 2. The van der Waals surface area contributed by atoms with Gasteiger partial charge in [-0.2, -0.15) is 5.26 Å². The zero-order valence-electron chi connectivity index (χ0n) is 20.0. The minimum atomic E-state index is -0.537. The van der Waals surface area contributed by atoms with Crippen molar-refractivity contribution in [2.24, 2.45) is 7.05 Å². The first kappa shape index (κ1) is 24.4. The zero-order valence-corrected chi connectivity index (χ0v) is 20.0. The van der Waals surface area contributed by atoms with Gasteiger partial charge in [-0.25, -0.2) is 0 Å². The summed E-state index contributed by atoms with van der Waals surface area (Å²) in [5.41, 5.74) is 3.49. The smallest absolute Gasteiger partial charge is 0.326 e. The van der Waals surface area contributed by atoms with Gasteiger partial charge in [0.05, 0.1) is 18.2 Å². The van der Waals surface area contributed by atoms with E-state index in [9.17, 15) is 14.4 Å². The van der Waals surface area contributed by atoms with Gasteiger partial charge in [0.15, 0.2) is 5.78 Å². The number of carbonyl (C=O) groups excluding carboxylic acids is 3. The van der Waals surface area contributed by atoms with E-state index in [1.807, 2.05) is 17.7 Å². The van der Waals surface area contributed by atoms with Crippen LogP contribution in [0.4, 0.5) is 5.69 Å². The van der Waals surface area contributed by atoms with Gasteiger partial charge in [-0.3, -0.25) is 24.3 Å². The molecule has 180 valence electrons. The van der Waals surface area contributed by atoms with Crippen molar-refractivity contribution in [3.63, 3.8) is 0 Å². The molecule has 8 nitrogen and oxygen atoms in total. The Balaban J connectivity index is 1.72. The molecule has 0 saturated heterocycles. The molecule has 0 aliphatic heterocycles. The molecule has 0 atom stereocenters. The molecule has 0 bridgehead atoms. The van der Waals surface area contributed by atoms with Crippen molar-refractivity contribution in [3.05, 3.63) is 95.4 Å². The number of aromatic nitrogens is 2. The maximum Gasteiger partial charge on any atom is 0.326 e. The van der Waals surface area contributed by atoms with Crippen LogP contribution in [-0.4, -0.2) is 40.4 Å². The number of carbonyl (C=O) groups is 3. The Kier molecular flexibility index (Phi) is 7.21. The molecule has 0 spiro atoms. The number of Topliss-reactive ketones (excluding diaryl/α,β-unsaturated/α-hetero) is 1. The molecule has 0 saturated carbocycles. The van der Waals surface area contributed by atoms with Crippen molar-refractivity contribution < 1.29 is 19.1 Å². The Morgan fingerprint density at radius 1 is 1.06 bits per heavy atom. The fourth-order valence-corrected chi connectivity index (χ4v) is 4.01. The maximum absolute atomic E-state index is 13.3. The van der Waals surface area contributed by atoms with Crippen LogP contribution < -0.4 is 4.90 Å². The lowest BCUT2D eigenvalue weighted by atomic mass is 10.0. The van der Waals surface area contributed by atoms with E-state index in [-0.39, 0.29) is 31.3 Å². The minimum Gasteiger partial charge on any atom is -0.465 e. The Bertz CT molecular complexity index is 1470. The molecule has 4 aromatic rings. The first-order chi connectivity index (χ1) is 17.4. The molecule has 2 aromatic carbocycles. The number of ketones is 1. The van der Waals surface area contributed by atoms with E-state index in [2.05, 4.69) is 11.1 Å². The molecule has 0 aliphatic rings. The first-order valence-electron chi connectivity index (χ1n) is 11.4. The summed E-state index contributed by atoms with van der Waals surface area (Å²) in [6.07, 6.45) is 4.95. The molecule has 0 unspecified atom stereocenters. The van der Waals surface area contributed by atoms with Gasteiger partial charge >= 0.3 is 5.97 Å². The number of nitrogens with zero attached hydrogens (tertiary/aromatic N) is 4. The van der Waals surface area contributed by atoms with E-state index < -0.39 is 5.97 Å². The van der Waals surface area contributed by atoms with E-state index in [1.165, 1.54) is 17.3 Å². The summed E-state index contributed by atoms with van der Waals surface area (Å²) < 4.78 is 6.95. The minimum absolute atomic E-state index is 0.0974. The van der Waals surface area contributed by atoms with E-state index in [4.69, 9.17) is 10.00 Å². The second kappa shape index (κ2) is 10.7. The summed E-state index contributed by atoms with van der Waals surface area (Å²) in [5.74, 6) is -1.02. The van der Waals surface area contributed by atoms with Crippen LogP contribution in [0.3, 0.4) is 0 Å². The molecular weight excluding hydrogens is 456 g/mol. The van der Waals surface area contributed by atoms with E-state index in [0.29, 0.717) is 27.8 Å².